The topological polar surface area (TPSA) is 116 Å². The molecule has 0 aliphatic carbocycles. The van der Waals surface area contributed by atoms with Gasteiger partial charge in [-0.05, 0) is 48.4 Å². The van der Waals surface area contributed by atoms with Crippen molar-refractivity contribution in [2.45, 2.75) is 18.2 Å². The van der Waals surface area contributed by atoms with Crippen LogP contribution in [0.15, 0.2) is 53.4 Å². The van der Waals surface area contributed by atoms with E-state index in [-0.39, 0.29) is 24.0 Å². The largest absolute Gasteiger partial charge is 0.396 e. The van der Waals surface area contributed by atoms with Gasteiger partial charge in [0.2, 0.25) is 21.8 Å². The fourth-order valence-electron chi connectivity index (χ4n) is 2.47. The maximum atomic E-state index is 12.6. The number of carbonyl (C=O) groups is 2. The van der Waals surface area contributed by atoms with Gasteiger partial charge in [-0.2, -0.15) is 4.31 Å². The quantitative estimate of drug-likeness (QED) is 0.615. The van der Waals surface area contributed by atoms with E-state index in [0.717, 1.165) is 9.87 Å². The highest BCUT2D eigenvalue weighted by Crippen LogP contribution is 2.18. The Hall–Kier alpha value is -2.75. The summed E-state index contributed by atoms with van der Waals surface area (Å²) in [6, 6.07) is 12.7. The minimum absolute atomic E-state index is 0.0188. The third-order valence-corrected chi connectivity index (χ3v) is 5.70. The summed E-state index contributed by atoms with van der Waals surface area (Å²) in [6.45, 7) is 1.05. The summed E-state index contributed by atoms with van der Waals surface area (Å²) < 4.78 is 26.2. The second-order valence-electron chi connectivity index (χ2n) is 6.19. The molecule has 0 bridgehead atoms. The molecule has 2 aromatic carbocycles. The highest BCUT2D eigenvalue weighted by Gasteiger charge is 2.23. The number of hydrogen-bond donors (Lipinski definition) is 3. The van der Waals surface area contributed by atoms with Crippen LogP contribution >= 0.6 is 0 Å². The van der Waals surface area contributed by atoms with Gasteiger partial charge in [0.1, 0.15) is 0 Å². The number of carbonyl (C=O) groups excluding carboxylic acids is 2. The minimum atomic E-state index is -3.85. The first-order valence-electron chi connectivity index (χ1n) is 8.56. The molecule has 0 saturated carbocycles. The third-order valence-electron chi connectivity index (χ3n) is 3.89. The second-order valence-corrected chi connectivity index (χ2v) is 8.23. The molecule has 9 heteroatoms. The Kier molecular flexibility index (Phi) is 7.27. The van der Waals surface area contributed by atoms with Gasteiger partial charge in [0, 0.05) is 32.0 Å². The van der Waals surface area contributed by atoms with Crippen molar-refractivity contribution in [2.75, 3.05) is 30.8 Å². The van der Waals surface area contributed by atoms with E-state index in [2.05, 4.69) is 10.6 Å². The molecule has 2 aromatic rings. The van der Waals surface area contributed by atoms with E-state index in [0.29, 0.717) is 17.8 Å². The number of sulfonamides is 1. The van der Waals surface area contributed by atoms with Gasteiger partial charge in [-0.3, -0.25) is 9.59 Å². The number of amides is 2. The van der Waals surface area contributed by atoms with E-state index in [1.807, 2.05) is 0 Å². The average molecular weight is 405 g/mol. The minimum Gasteiger partial charge on any atom is -0.396 e. The molecule has 28 heavy (non-hydrogen) atoms. The van der Waals surface area contributed by atoms with Crippen LogP contribution < -0.4 is 10.6 Å². The van der Waals surface area contributed by atoms with Crippen molar-refractivity contribution in [1.29, 1.82) is 0 Å². The van der Waals surface area contributed by atoms with Crippen LogP contribution in [0.2, 0.25) is 0 Å². The summed E-state index contributed by atoms with van der Waals surface area (Å²) in [6.07, 6.45) is 0.524. The number of benzene rings is 2. The van der Waals surface area contributed by atoms with E-state index in [4.69, 9.17) is 5.11 Å². The lowest BCUT2D eigenvalue weighted by molar-refractivity contribution is -0.116. The van der Waals surface area contributed by atoms with Crippen LogP contribution in [0.3, 0.4) is 0 Å². The maximum Gasteiger partial charge on any atom is 0.243 e. The number of anilines is 2. The number of hydrogen-bond acceptors (Lipinski definition) is 5. The number of nitrogens with zero attached hydrogens (tertiary/aromatic N) is 1. The smallest absolute Gasteiger partial charge is 0.243 e. The highest BCUT2D eigenvalue weighted by atomic mass is 32.2. The van der Waals surface area contributed by atoms with Crippen molar-refractivity contribution in [1.82, 2.24) is 4.31 Å². The van der Waals surface area contributed by atoms with Gasteiger partial charge in [0.25, 0.3) is 0 Å². The molecule has 0 spiro atoms. The Morgan fingerprint density at radius 2 is 1.50 bits per heavy atom. The van der Waals surface area contributed by atoms with E-state index in [9.17, 15) is 18.0 Å². The van der Waals surface area contributed by atoms with Crippen molar-refractivity contribution in [2.24, 2.45) is 0 Å². The molecule has 0 atom stereocenters. The molecule has 8 nitrogen and oxygen atoms in total. The van der Waals surface area contributed by atoms with Gasteiger partial charge in [-0.1, -0.05) is 12.1 Å². The van der Waals surface area contributed by atoms with Gasteiger partial charge >= 0.3 is 0 Å². The lowest BCUT2D eigenvalue weighted by atomic mass is 10.1. The van der Waals surface area contributed by atoms with E-state index < -0.39 is 15.9 Å². The first-order valence-corrected chi connectivity index (χ1v) is 10.00. The number of nitrogens with one attached hydrogen (secondary N) is 2. The van der Waals surface area contributed by atoms with Crippen LogP contribution in [0, 0.1) is 0 Å². The molecule has 0 radical (unpaired) electrons. The summed E-state index contributed by atoms with van der Waals surface area (Å²) in [7, 11) is -2.53. The molecule has 0 fully saturated rings. The summed E-state index contributed by atoms with van der Waals surface area (Å²) in [4.78, 5) is 23.2. The molecule has 0 aliphatic rings. The molecular formula is C19H23N3O5S. The summed E-state index contributed by atoms with van der Waals surface area (Å²) >= 11 is 0. The van der Waals surface area contributed by atoms with Crippen LogP contribution in [0.1, 0.15) is 12.5 Å². The molecule has 150 valence electrons. The van der Waals surface area contributed by atoms with Crippen molar-refractivity contribution in [3.05, 3.63) is 54.1 Å². The fraction of sp³-hybridized carbons (Fsp3) is 0.263. The number of likely N-dealkylation sites (N-methyl/N-ethyl adjacent to an activating group) is 1. The molecule has 0 aliphatic heterocycles. The second kappa shape index (κ2) is 9.45. The summed E-state index contributed by atoms with van der Waals surface area (Å²) in [5.74, 6) is -0.732. The Labute approximate surface area is 164 Å². The molecule has 0 heterocycles. The SMILES string of the molecule is CC(=O)Nc1ccc(S(=O)(=O)N(C)CC(=O)Nc2ccc(CCO)cc2)cc1. The fourth-order valence-corrected chi connectivity index (χ4v) is 3.59. The van der Waals surface area contributed by atoms with Crippen molar-refractivity contribution < 1.29 is 23.1 Å². The summed E-state index contributed by atoms with van der Waals surface area (Å²) in [5.41, 5.74) is 1.96. The normalized spacial score (nSPS) is 11.3. The Morgan fingerprint density at radius 1 is 0.964 bits per heavy atom. The molecule has 2 rings (SSSR count). The number of aliphatic hydroxyl groups excluding tert-OH is 1. The van der Waals surface area contributed by atoms with Gasteiger partial charge in [0.15, 0.2) is 0 Å². The zero-order valence-corrected chi connectivity index (χ0v) is 16.5. The Morgan fingerprint density at radius 3 is 2.04 bits per heavy atom. The first-order chi connectivity index (χ1) is 13.2. The predicted molar refractivity (Wildman–Crippen MR) is 106 cm³/mol. The zero-order valence-electron chi connectivity index (χ0n) is 15.7. The van der Waals surface area contributed by atoms with Crippen molar-refractivity contribution >= 4 is 33.2 Å². The Balaban J connectivity index is 2.00. The first kappa shape index (κ1) is 21.5. The van der Waals surface area contributed by atoms with Crippen molar-refractivity contribution in [3.8, 4) is 0 Å². The standard InChI is InChI=1S/C19H23N3O5S/c1-14(24)20-16-7-9-18(10-8-16)28(26,27)22(2)13-19(25)21-17-5-3-15(4-6-17)11-12-23/h3-10,23H,11-13H2,1-2H3,(H,20,24)(H,21,25). The average Bonchev–Trinajstić information content (AvgIpc) is 2.63. The molecule has 0 aromatic heterocycles. The van der Waals surface area contributed by atoms with Gasteiger partial charge < -0.3 is 15.7 Å². The number of rotatable bonds is 8. The molecule has 0 unspecified atom stereocenters. The molecule has 0 saturated heterocycles. The highest BCUT2D eigenvalue weighted by molar-refractivity contribution is 7.89. The van der Waals surface area contributed by atoms with E-state index in [1.165, 1.54) is 38.2 Å². The van der Waals surface area contributed by atoms with E-state index in [1.54, 1.807) is 24.3 Å². The van der Waals surface area contributed by atoms with Gasteiger partial charge in [-0.25, -0.2) is 8.42 Å². The van der Waals surface area contributed by atoms with Crippen molar-refractivity contribution in [3.63, 3.8) is 0 Å². The lowest BCUT2D eigenvalue weighted by Gasteiger charge is -2.17. The van der Waals surface area contributed by atoms with Gasteiger partial charge in [-0.15, -0.1) is 0 Å². The number of aliphatic hydroxyl groups is 1. The van der Waals surface area contributed by atoms with Crippen LogP contribution in [-0.2, 0) is 26.0 Å². The summed E-state index contributed by atoms with van der Waals surface area (Å²) in [5, 5.41) is 14.1. The van der Waals surface area contributed by atoms with Crippen LogP contribution in [0.5, 0.6) is 0 Å². The van der Waals surface area contributed by atoms with Crippen LogP contribution in [0.4, 0.5) is 11.4 Å². The zero-order chi connectivity index (χ0) is 20.7. The van der Waals surface area contributed by atoms with Crippen LogP contribution in [-0.4, -0.2) is 49.8 Å². The lowest BCUT2D eigenvalue weighted by Crippen LogP contribution is -2.34. The maximum absolute atomic E-state index is 12.6. The molecule has 2 amide bonds. The van der Waals surface area contributed by atoms with E-state index >= 15 is 0 Å². The third kappa shape index (κ3) is 5.88. The van der Waals surface area contributed by atoms with Gasteiger partial charge in [0.05, 0.1) is 11.4 Å². The predicted octanol–water partition coefficient (Wildman–Crippen LogP) is 1.44. The molecule has 3 N–H and O–H groups in total. The monoisotopic (exact) mass is 405 g/mol. The molecular weight excluding hydrogens is 382 g/mol. The van der Waals surface area contributed by atoms with Crippen LogP contribution in [0.25, 0.3) is 0 Å². The Bertz CT molecular complexity index is 925.